The molecular formula is C13H26N2O2. The smallest absolute Gasteiger partial charge is 0.0594 e. The average Bonchev–Trinajstić information content (AvgIpc) is 2.41. The number of morpholine rings is 1. The summed E-state index contributed by atoms with van der Waals surface area (Å²) in [5.74, 6) is 0.743. The topological polar surface area (TPSA) is 33.7 Å². The first-order valence-electron chi connectivity index (χ1n) is 7.04. The summed E-state index contributed by atoms with van der Waals surface area (Å²) in [6, 6.07) is 0. The molecule has 0 saturated carbocycles. The third kappa shape index (κ3) is 5.34. The Morgan fingerprint density at radius 3 is 2.76 bits per heavy atom. The molecule has 4 heteroatoms. The van der Waals surface area contributed by atoms with Gasteiger partial charge in [0.25, 0.3) is 0 Å². The second kappa shape index (κ2) is 8.03. The Balaban J connectivity index is 1.42. The van der Waals surface area contributed by atoms with E-state index in [0.717, 1.165) is 58.5 Å². The van der Waals surface area contributed by atoms with Crippen molar-refractivity contribution in [3.63, 3.8) is 0 Å². The minimum Gasteiger partial charge on any atom is -0.381 e. The summed E-state index contributed by atoms with van der Waals surface area (Å²) in [5, 5.41) is 3.56. The summed E-state index contributed by atoms with van der Waals surface area (Å²) in [6.07, 6.45) is 3.81. The first-order chi connectivity index (χ1) is 8.45. The highest BCUT2D eigenvalue weighted by atomic mass is 16.5. The van der Waals surface area contributed by atoms with Crippen LogP contribution in [0.25, 0.3) is 0 Å². The molecular weight excluding hydrogens is 216 g/mol. The lowest BCUT2D eigenvalue weighted by molar-refractivity contribution is 0.0370. The summed E-state index contributed by atoms with van der Waals surface area (Å²) in [7, 11) is 0. The summed E-state index contributed by atoms with van der Waals surface area (Å²) in [4.78, 5) is 2.49. The largest absolute Gasteiger partial charge is 0.381 e. The van der Waals surface area contributed by atoms with E-state index in [9.17, 15) is 0 Å². The zero-order valence-corrected chi connectivity index (χ0v) is 10.8. The highest BCUT2D eigenvalue weighted by Crippen LogP contribution is 2.11. The zero-order chi connectivity index (χ0) is 11.8. The van der Waals surface area contributed by atoms with Gasteiger partial charge in [0.2, 0.25) is 0 Å². The molecule has 2 aliphatic heterocycles. The van der Waals surface area contributed by atoms with Crippen molar-refractivity contribution in [2.75, 3.05) is 59.2 Å². The standard InChI is InChI=1S/C13H26N2O2/c1-3-13(12-17-8-1)11-14-4-2-5-15-6-9-16-10-7-15/h13-14H,1-12H2. The molecule has 1 unspecified atom stereocenters. The lowest BCUT2D eigenvalue weighted by Crippen LogP contribution is -2.38. The van der Waals surface area contributed by atoms with Gasteiger partial charge in [-0.2, -0.15) is 0 Å². The van der Waals surface area contributed by atoms with E-state index in [4.69, 9.17) is 9.47 Å². The van der Waals surface area contributed by atoms with Gasteiger partial charge in [0.1, 0.15) is 0 Å². The maximum absolute atomic E-state index is 5.47. The summed E-state index contributed by atoms with van der Waals surface area (Å²) in [5.41, 5.74) is 0. The van der Waals surface area contributed by atoms with Gasteiger partial charge < -0.3 is 14.8 Å². The molecule has 0 aromatic heterocycles. The van der Waals surface area contributed by atoms with E-state index in [1.807, 2.05) is 0 Å². The lowest BCUT2D eigenvalue weighted by atomic mass is 10.0. The molecule has 2 rings (SSSR count). The monoisotopic (exact) mass is 242 g/mol. The first kappa shape index (κ1) is 13.3. The van der Waals surface area contributed by atoms with Crippen LogP contribution in [-0.2, 0) is 9.47 Å². The third-order valence-corrected chi connectivity index (χ3v) is 3.62. The molecule has 0 radical (unpaired) electrons. The molecule has 1 N–H and O–H groups in total. The molecule has 2 fully saturated rings. The van der Waals surface area contributed by atoms with Crippen LogP contribution in [0, 0.1) is 5.92 Å². The van der Waals surface area contributed by atoms with Gasteiger partial charge in [0, 0.05) is 26.2 Å². The Bertz CT molecular complexity index is 170. The molecule has 2 aliphatic rings. The molecule has 0 bridgehead atoms. The highest BCUT2D eigenvalue weighted by molar-refractivity contribution is 4.67. The fourth-order valence-corrected chi connectivity index (χ4v) is 2.53. The van der Waals surface area contributed by atoms with Crippen LogP contribution in [0.3, 0.4) is 0 Å². The van der Waals surface area contributed by atoms with E-state index in [1.54, 1.807) is 0 Å². The van der Waals surface area contributed by atoms with Crippen LogP contribution in [0.5, 0.6) is 0 Å². The van der Waals surface area contributed by atoms with E-state index >= 15 is 0 Å². The molecule has 4 nitrogen and oxygen atoms in total. The maximum Gasteiger partial charge on any atom is 0.0594 e. The fourth-order valence-electron chi connectivity index (χ4n) is 2.53. The maximum atomic E-state index is 5.47. The Morgan fingerprint density at radius 2 is 2.00 bits per heavy atom. The number of nitrogens with one attached hydrogen (secondary N) is 1. The van der Waals surface area contributed by atoms with Crippen LogP contribution in [0.1, 0.15) is 19.3 Å². The van der Waals surface area contributed by atoms with Crippen LogP contribution >= 0.6 is 0 Å². The fraction of sp³-hybridized carbons (Fsp3) is 1.00. The van der Waals surface area contributed by atoms with Gasteiger partial charge in [0.15, 0.2) is 0 Å². The molecule has 2 heterocycles. The second-order valence-electron chi connectivity index (χ2n) is 5.09. The number of ether oxygens (including phenoxy) is 2. The van der Waals surface area contributed by atoms with Crippen LogP contribution in [0.15, 0.2) is 0 Å². The SMILES string of the molecule is C1COCC(CNCCCN2CCOCC2)C1. The second-order valence-corrected chi connectivity index (χ2v) is 5.09. The Morgan fingerprint density at radius 1 is 1.12 bits per heavy atom. The zero-order valence-electron chi connectivity index (χ0n) is 10.8. The molecule has 0 spiro atoms. The van der Waals surface area contributed by atoms with Gasteiger partial charge in [0.05, 0.1) is 19.8 Å². The molecule has 17 heavy (non-hydrogen) atoms. The van der Waals surface area contributed by atoms with Crippen molar-refractivity contribution in [2.45, 2.75) is 19.3 Å². The van der Waals surface area contributed by atoms with Crippen LogP contribution < -0.4 is 5.32 Å². The summed E-state index contributed by atoms with van der Waals surface area (Å²) >= 11 is 0. The summed E-state index contributed by atoms with van der Waals surface area (Å²) < 4.78 is 10.8. The van der Waals surface area contributed by atoms with Crippen molar-refractivity contribution in [3.05, 3.63) is 0 Å². The Labute approximate surface area is 105 Å². The molecule has 100 valence electrons. The van der Waals surface area contributed by atoms with E-state index < -0.39 is 0 Å². The van der Waals surface area contributed by atoms with Crippen molar-refractivity contribution < 1.29 is 9.47 Å². The molecule has 0 amide bonds. The molecule has 0 aliphatic carbocycles. The van der Waals surface area contributed by atoms with Crippen molar-refractivity contribution in [1.82, 2.24) is 10.2 Å². The number of nitrogens with zero attached hydrogens (tertiary/aromatic N) is 1. The number of hydrogen-bond donors (Lipinski definition) is 1. The molecule has 0 aromatic carbocycles. The normalized spacial score (nSPS) is 27.2. The quantitative estimate of drug-likeness (QED) is 0.696. The first-order valence-corrected chi connectivity index (χ1v) is 7.04. The Kier molecular flexibility index (Phi) is 6.27. The van der Waals surface area contributed by atoms with Crippen molar-refractivity contribution in [2.24, 2.45) is 5.92 Å². The van der Waals surface area contributed by atoms with Crippen molar-refractivity contribution >= 4 is 0 Å². The van der Waals surface area contributed by atoms with E-state index in [-0.39, 0.29) is 0 Å². The van der Waals surface area contributed by atoms with Gasteiger partial charge in [-0.25, -0.2) is 0 Å². The molecule has 2 saturated heterocycles. The van der Waals surface area contributed by atoms with E-state index in [2.05, 4.69) is 10.2 Å². The van der Waals surface area contributed by atoms with Crippen molar-refractivity contribution in [1.29, 1.82) is 0 Å². The minimum atomic E-state index is 0.743. The van der Waals surface area contributed by atoms with Gasteiger partial charge >= 0.3 is 0 Å². The number of rotatable bonds is 6. The highest BCUT2D eigenvalue weighted by Gasteiger charge is 2.13. The Hall–Kier alpha value is -0.160. The van der Waals surface area contributed by atoms with Gasteiger partial charge in [-0.3, -0.25) is 4.90 Å². The van der Waals surface area contributed by atoms with E-state index in [1.165, 1.54) is 25.8 Å². The molecule has 1 atom stereocenters. The van der Waals surface area contributed by atoms with Crippen LogP contribution in [0.2, 0.25) is 0 Å². The van der Waals surface area contributed by atoms with Gasteiger partial charge in [-0.15, -0.1) is 0 Å². The third-order valence-electron chi connectivity index (χ3n) is 3.62. The number of hydrogen-bond acceptors (Lipinski definition) is 4. The van der Waals surface area contributed by atoms with E-state index in [0.29, 0.717) is 0 Å². The average molecular weight is 242 g/mol. The predicted octanol–water partition coefficient (Wildman–Crippen LogP) is 0.725. The van der Waals surface area contributed by atoms with Gasteiger partial charge in [-0.05, 0) is 38.3 Å². The summed E-state index contributed by atoms with van der Waals surface area (Å²) in [6.45, 7) is 9.42. The van der Waals surface area contributed by atoms with Crippen molar-refractivity contribution in [3.8, 4) is 0 Å². The predicted molar refractivity (Wildman–Crippen MR) is 68.3 cm³/mol. The van der Waals surface area contributed by atoms with Crippen LogP contribution in [0.4, 0.5) is 0 Å². The molecule has 0 aromatic rings. The van der Waals surface area contributed by atoms with Crippen LogP contribution in [-0.4, -0.2) is 64.1 Å². The lowest BCUT2D eigenvalue weighted by Gasteiger charge is -2.26. The van der Waals surface area contributed by atoms with Gasteiger partial charge in [-0.1, -0.05) is 0 Å². The minimum absolute atomic E-state index is 0.743.